The molecule has 7 heteroatoms. The average molecular weight is 417 g/mol. The van der Waals surface area contributed by atoms with E-state index in [1.807, 2.05) is 44.2 Å². The van der Waals surface area contributed by atoms with Gasteiger partial charge in [-0.1, -0.05) is 18.2 Å². The molecule has 0 radical (unpaired) electrons. The van der Waals surface area contributed by atoms with Gasteiger partial charge in [-0.3, -0.25) is 9.59 Å². The molecule has 2 amide bonds. The molecule has 0 fully saturated rings. The van der Waals surface area contributed by atoms with Gasteiger partial charge in [0.05, 0.1) is 31.1 Å². The van der Waals surface area contributed by atoms with E-state index in [9.17, 15) is 9.59 Å². The maximum Gasteiger partial charge on any atom is 0.258 e. The second-order valence-corrected chi connectivity index (χ2v) is 7.28. The molecule has 0 atom stereocenters. The van der Waals surface area contributed by atoms with Crippen LogP contribution in [0.5, 0.6) is 11.5 Å². The molecule has 2 heterocycles. The molecule has 7 nitrogen and oxygen atoms in total. The first-order valence-corrected chi connectivity index (χ1v) is 9.78. The summed E-state index contributed by atoms with van der Waals surface area (Å²) in [4.78, 5) is 29.7. The van der Waals surface area contributed by atoms with Gasteiger partial charge in [-0.15, -0.1) is 0 Å². The number of para-hydroxylation sites is 1. The lowest BCUT2D eigenvalue weighted by Gasteiger charge is -2.14. The minimum Gasteiger partial charge on any atom is -0.493 e. The molecular weight excluding hydrogens is 394 g/mol. The Kier molecular flexibility index (Phi) is 5.25. The van der Waals surface area contributed by atoms with Crippen LogP contribution in [-0.4, -0.2) is 31.0 Å². The number of amides is 2. The molecule has 3 N–H and O–H groups in total. The smallest absolute Gasteiger partial charge is 0.258 e. The number of benzene rings is 2. The summed E-state index contributed by atoms with van der Waals surface area (Å²) in [5.74, 6) is 0.328. The van der Waals surface area contributed by atoms with Gasteiger partial charge in [-0.2, -0.15) is 0 Å². The van der Waals surface area contributed by atoms with E-state index < -0.39 is 5.91 Å². The number of fused-ring (bicyclic) bond motifs is 1. The summed E-state index contributed by atoms with van der Waals surface area (Å²) >= 11 is 0. The quantitative estimate of drug-likeness (QED) is 0.544. The molecule has 2 aromatic carbocycles. The third-order valence-electron chi connectivity index (χ3n) is 5.19. The number of aromatic amines is 1. The second kappa shape index (κ2) is 8.02. The highest BCUT2D eigenvalue weighted by Gasteiger charge is 2.32. The number of aryl methyl sites for hydroxylation is 2. The minimum absolute atomic E-state index is 0.280. The summed E-state index contributed by atoms with van der Waals surface area (Å²) < 4.78 is 10.6. The maximum absolute atomic E-state index is 13.5. The van der Waals surface area contributed by atoms with Crippen molar-refractivity contribution in [2.45, 2.75) is 13.8 Å². The van der Waals surface area contributed by atoms with E-state index in [1.54, 1.807) is 25.3 Å². The number of hydrogen-bond donors (Lipinski definition) is 3. The SMILES string of the molecule is COc1ccc(NC(=O)C(=C2C(=O)Nc3ccccc32)c2[nH]c(C)cc2C)cc1OC. The number of nitrogens with one attached hydrogen (secondary N) is 3. The Morgan fingerprint density at radius 1 is 0.968 bits per heavy atom. The van der Waals surface area contributed by atoms with Crippen molar-refractivity contribution < 1.29 is 19.1 Å². The van der Waals surface area contributed by atoms with Crippen LogP contribution >= 0.6 is 0 Å². The summed E-state index contributed by atoms with van der Waals surface area (Å²) in [6, 6.07) is 14.4. The molecule has 31 heavy (non-hydrogen) atoms. The largest absolute Gasteiger partial charge is 0.493 e. The summed E-state index contributed by atoms with van der Waals surface area (Å²) in [5.41, 5.74) is 4.89. The Hall–Kier alpha value is -4.00. The van der Waals surface area contributed by atoms with Gasteiger partial charge < -0.3 is 25.1 Å². The summed E-state index contributed by atoms with van der Waals surface area (Å²) in [5, 5.41) is 5.75. The Balaban J connectivity index is 1.84. The van der Waals surface area contributed by atoms with Crippen molar-refractivity contribution in [2.75, 3.05) is 24.9 Å². The van der Waals surface area contributed by atoms with Crippen LogP contribution in [0.2, 0.25) is 0 Å². The van der Waals surface area contributed by atoms with Crippen molar-refractivity contribution in [2.24, 2.45) is 0 Å². The van der Waals surface area contributed by atoms with Crippen molar-refractivity contribution >= 4 is 34.3 Å². The van der Waals surface area contributed by atoms with Gasteiger partial charge in [0.1, 0.15) is 0 Å². The molecule has 158 valence electrons. The molecule has 1 aliphatic rings. The zero-order chi connectivity index (χ0) is 22.1. The zero-order valence-electron chi connectivity index (χ0n) is 17.8. The molecule has 3 aromatic rings. The van der Waals surface area contributed by atoms with Crippen LogP contribution < -0.4 is 20.1 Å². The van der Waals surface area contributed by atoms with Gasteiger partial charge in [-0.05, 0) is 43.7 Å². The number of carbonyl (C=O) groups is 2. The fraction of sp³-hybridized carbons (Fsp3) is 0.167. The standard InChI is InChI=1S/C24H23N3O4/c1-13-11-14(2)25-22(13)21(20-16-7-5-6-8-17(16)27-23(20)28)24(29)26-15-9-10-18(30-3)19(12-15)31-4/h5-12,25H,1-4H3,(H,26,29)(H,27,28). The predicted molar refractivity (Wildman–Crippen MR) is 120 cm³/mol. The molecule has 1 aliphatic heterocycles. The first kappa shape index (κ1) is 20.3. The first-order valence-electron chi connectivity index (χ1n) is 9.78. The third kappa shape index (κ3) is 3.66. The average Bonchev–Trinajstić information content (AvgIpc) is 3.26. The number of methoxy groups -OCH3 is 2. The van der Waals surface area contributed by atoms with Crippen LogP contribution in [0.3, 0.4) is 0 Å². The lowest BCUT2D eigenvalue weighted by Crippen LogP contribution is -2.18. The van der Waals surface area contributed by atoms with Crippen molar-refractivity contribution in [3.63, 3.8) is 0 Å². The van der Waals surface area contributed by atoms with E-state index in [-0.39, 0.29) is 11.5 Å². The van der Waals surface area contributed by atoms with Gasteiger partial charge in [0.15, 0.2) is 11.5 Å². The van der Waals surface area contributed by atoms with Gasteiger partial charge in [0.2, 0.25) is 0 Å². The van der Waals surface area contributed by atoms with Gasteiger partial charge in [0.25, 0.3) is 11.8 Å². The summed E-state index contributed by atoms with van der Waals surface area (Å²) in [6.45, 7) is 3.82. The fourth-order valence-corrected chi connectivity index (χ4v) is 3.81. The predicted octanol–water partition coefficient (Wildman–Crippen LogP) is 4.15. The fourth-order valence-electron chi connectivity index (χ4n) is 3.81. The van der Waals surface area contributed by atoms with E-state index >= 15 is 0 Å². The first-order chi connectivity index (χ1) is 14.9. The minimum atomic E-state index is -0.404. The van der Waals surface area contributed by atoms with E-state index in [1.165, 1.54) is 7.11 Å². The highest BCUT2D eigenvalue weighted by molar-refractivity contribution is 6.46. The lowest BCUT2D eigenvalue weighted by atomic mass is 9.96. The number of H-pyrrole nitrogens is 1. The molecule has 0 unspecified atom stereocenters. The third-order valence-corrected chi connectivity index (χ3v) is 5.19. The number of rotatable bonds is 5. The van der Waals surface area contributed by atoms with Crippen molar-refractivity contribution in [1.82, 2.24) is 4.98 Å². The van der Waals surface area contributed by atoms with Crippen LogP contribution in [0.15, 0.2) is 48.5 Å². The molecule has 1 aromatic heterocycles. The number of aromatic nitrogens is 1. The second-order valence-electron chi connectivity index (χ2n) is 7.28. The van der Waals surface area contributed by atoms with Crippen LogP contribution in [0.1, 0.15) is 22.5 Å². The Labute approximate surface area is 180 Å². The van der Waals surface area contributed by atoms with Crippen LogP contribution in [0, 0.1) is 13.8 Å². The summed E-state index contributed by atoms with van der Waals surface area (Å²) in [6.07, 6.45) is 0. The molecule has 0 saturated carbocycles. The van der Waals surface area contributed by atoms with Crippen molar-refractivity contribution in [3.8, 4) is 11.5 Å². The maximum atomic E-state index is 13.5. The van der Waals surface area contributed by atoms with Crippen LogP contribution in [0.4, 0.5) is 11.4 Å². The highest BCUT2D eigenvalue weighted by atomic mass is 16.5. The van der Waals surface area contributed by atoms with E-state index in [0.29, 0.717) is 39.7 Å². The number of carbonyl (C=O) groups excluding carboxylic acids is 2. The normalized spacial score (nSPS) is 14.0. The topological polar surface area (TPSA) is 92.5 Å². The van der Waals surface area contributed by atoms with Crippen LogP contribution in [0.25, 0.3) is 11.1 Å². The molecule has 0 bridgehead atoms. The monoisotopic (exact) mass is 417 g/mol. The lowest BCUT2D eigenvalue weighted by molar-refractivity contribution is -0.112. The molecular formula is C24H23N3O4. The van der Waals surface area contributed by atoms with Gasteiger partial charge in [0, 0.05) is 28.7 Å². The zero-order valence-corrected chi connectivity index (χ0v) is 17.8. The highest BCUT2D eigenvalue weighted by Crippen LogP contribution is 2.38. The Morgan fingerprint density at radius 3 is 2.39 bits per heavy atom. The molecule has 0 aliphatic carbocycles. The number of anilines is 2. The van der Waals surface area contributed by atoms with Crippen molar-refractivity contribution in [1.29, 1.82) is 0 Å². The van der Waals surface area contributed by atoms with Crippen molar-refractivity contribution in [3.05, 3.63) is 71.0 Å². The molecule has 0 saturated heterocycles. The Morgan fingerprint density at radius 2 is 1.71 bits per heavy atom. The summed E-state index contributed by atoms with van der Waals surface area (Å²) in [7, 11) is 3.08. The van der Waals surface area contributed by atoms with E-state index in [0.717, 1.165) is 11.3 Å². The molecule has 0 spiro atoms. The number of hydrogen-bond acceptors (Lipinski definition) is 4. The van der Waals surface area contributed by atoms with Crippen LogP contribution in [-0.2, 0) is 9.59 Å². The molecule has 4 rings (SSSR count). The van der Waals surface area contributed by atoms with Gasteiger partial charge in [-0.25, -0.2) is 0 Å². The number of ether oxygens (including phenoxy) is 2. The Bertz CT molecular complexity index is 1220. The van der Waals surface area contributed by atoms with E-state index in [2.05, 4.69) is 15.6 Å². The van der Waals surface area contributed by atoms with E-state index in [4.69, 9.17) is 9.47 Å². The van der Waals surface area contributed by atoms with Gasteiger partial charge >= 0.3 is 0 Å².